The van der Waals surface area contributed by atoms with Gasteiger partial charge in [-0.25, -0.2) is 0 Å². The maximum Gasteiger partial charge on any atom is 0.113 e. The first-order chi connectivity index (χ1) is 21.9. The van der Waals surface area contributed by atoms with E-state index in [4.69, 9.17) is 20.4 Å². The van der Waals surface area contributed by atoms with E-state index in [-0.39, 0.29) is 21.7 Å². The molecule has 2 heterocycles. The van der Waals surface area contributed by atoms with Crippen molar-refractivity contribution in [3.05, 3.63) is 107 Å². The zero-order chi connectivity index (χ0) is 33.8. The van der Waals surface area contributed by atoms with Gasteiger partial charge < -0.3 is 0 Å². The summed E-state index contributed by atoms with van der Waals surface area (Å²) in [5.41, 5.74) is 10.9. The predicted molar refractivity (Wildman–Crippen MR) is 195 cm³/mol. The molecular weight excluding hydrogens is 576 g/mol. The molecule has 6 heteroatoms. The van der Waals surface area contributed by atoms with Gasteiger partial charge in [0.25, 0.3) is 0 Å². The Morgan fingerprint density at radius 2 is 0.766 bits per heavy atom. The molecule has 0 amide bonds. The van der Waals surface area contributed by atoms with Crippen molar-refractivity contribution in [1.82, 2.24) is 30.0 Å². The molecule has 0 aliphatic heterocycles. The quantitative estimate of drug-likeness (QED) is 0.169. The Morgan fingerprint density at radius 1 is 0.447 bits per heavy atom. The summed E-state index contributed by atoms with van der Waals surface area (Å²) in [5, 5.41) is 19.5. The summed E-state index contributed by atoms with van der Waals surface area (Å²) in [6, 6.07) is 30.0. The molecule has 0 unspecified atom stereocenters. The molecule has 0 atom stereocenters. The van der Waals surface area contributed by atoms with Gasteiger partial charge in [0.15, 0.2) is 0 Å². The lowest BCUT2D eigenvalue weighted by molar-refractivity contribution is 0.283. The second-order valence-corrected chi connectivity index (χ2v) is 17.2. The average molecular weight is 627 g/mol. The van der Waals surface area contributed by atoms with Crippen LogP contribution in [-0.2, 0) is 17.3 Å². The molecule has 2 aromatic heterocycles. The molecule has 6 nitrogen and oxygen atoms in total. The molecule has 0 radical (unpaired) electrons. The summed E-state index contributed by atoms with van der Waals surface area (Å²) < 4.78 is 0. The number of hydrogen-bond acceptors (Lipinski definition) is 4. The van der Waals surface area contributed by atoms with Crippen LogP contribution in [0.1, 0.15) is 104 Å². The van der Waals surface area contributed by atoms with Crippen molar-refractivity contribution in [3.8, 4) is 11.4 Å². The fraction of sp³-hybridized carbons (Fsp3) is 0.415. The minimum atomic E-state index is -0.0453. The van der Waals surface area contributed by atoms with Gasteiger partial charge in [-0.05, 0) is 112 Å². The van der Waals surface area contributed by atoms with Crippen LogP contribution in [0.5, 0.6) is 0 Å². The number of nitrogens with zero attached hydrogens (tertiary/aromatic N) is 6. The van der Waals surface area contributed by atoms with Crippen LogP contribution in [0.3, 0.4) is 0 Å². The number of rotatable bonds is 8. The SMILES string of the molecule is CC(C)(C)CC(C)(C)c1cc(Cc2cc(-n3nc4ccccc4n3)cc(C(C)(C)CC(C)(C)C)c2)cc(-n2nc3ccccc3n2)c1. The van der Waals surface area contributed by atoms with E-state index in [1.54, 1.807) is 9.59 Å². The van der Waals surface area contributed by atoms with Gasteiger partial charge in [-0.3, -0.25) is 0 Å². The van der Waals surface area contributed by atoms with Gasteiger partial charge in [0.2, 0.25) is 0 Å². The maximum absolute atomic E-state index is 4.87. The van der Waals surface area contributed by atoms with E-state index in [0.29, 0.717) is 0 Å². The highest BCUT2D eigenvalue weighted by atomic mass is 15.5. The van der Waals surface area contributed by atoms with Gasteiger partial charge in [0.05, 0.1) is 11.4 Å². The van der Waals surface area contributed by atoms with E-state index in [1.165, 1.54) is 22.3 Å². The van der Waals surface area contributed by atoms with Crippen LogP contribution in [0.2, 0.25) is 0 Å². The van der Waals surface area contributed by atoms with E-state index in [1.807, 2.05) is 48.5 Å². The van der Waals surface area contributed by atoms with Crippen LogP contribution >= 0.6 is 0 Å². The second kappa shape index (κ2) is 11.7. The fourth-order valence-corrected chi connectivity index (χ4v) is 7.61. The molecule has 0 saturated heterocycles. The molecule has 0 N–H and O–H groups in total. The summed E-state index contributed by atoms with van der Waals surface area (Å²) >= 11 is 0. The number of benzene rings is 4. The van der Waals surface area contributed by atoms with Gasteiger partial charge in [-0.1, -0.05) is 106 Å². The molecule has 244 valence electrons. The lowest BCUT2D eigenvalue weighted by Crippen LogP contribution is -2.25. The van der Waals surface area contributed by atoms with Gasteiger partial charge >= 0.3 is 0 Å². The predicted octanol–water partition coefficient (Wildman–Crippen LogP) is 10.2. The molecule has 0 bridgehead atoms. The third-order valence-corrected chi connectivity index (χ3v) is 8.91. The van der Waals surface area contributed by atoms with E-state index < -0.39 is 0 Å². The summed E-state index contributed by atoms with van der Waals surface area (Å²) in [6.45, 7) is 23.3. The average Bonchev–Trinajstić information content (AvgIpc) is 3.59. The Hall–Kier alpha value is -4.32. The van der Waals surface area contributed by atoms with Crippen LogP contribution in [-0.4, -0.2) is 30.0 Å². The van der Waals surface area contributed by atoms with Crippen molar-refractivity contribution in [2.24, 2.45) is 10.8 Å². The molecule has 0 spiro atoms. The molecule has 0 aliphatic carbocycles. The zero-order valence-electron chi connectivity index (χ0n) is 29.9. The zero-order valence-corrected chi connectivity index (χ0v) is 29.9. The number of fused-ring (bicyclic) bond motifs is 2. The fourth-order valence-electron chi connectivity index (χ4n) is 7.61. The Kier molecular flexibility index (Phi) is 8.14. The molecule has 6 rings (SSSR count). The first-order valence-electron chi connectivity index (χ1n) is 16.9. The topological polar surface area (TPSA) is 61.4 Å². The molecule has 0 aliphatic rings. The normalized spacial score (nSPS) is 13.1. The highest BCUT2D eigenvalue weighted by Gasteiger charge is 2.30. The van der Waals surface area contributed by atoms with Crippen LogP contribution in [0, 0.1) is 10.8 Å². The van der Waals surface area contributed by atoms with Crippen molar-refractivity contribution in [1.29, 1.82) is 0 Å². The molecule has 47 heavy (non-hydrogen) atoms. The van der Waals surface area contributed by atoms with E-state index >= 15 is 0 Å². The van der Waals surface area contributed by atoms with Gasteiger partial charge in [0.1, 0.15) is 22.1 Å². The first-order valence-corrected chi connectivity index (χ1v) is 16.9. The van der Waals surface area contributed by atoms with Crippen molar-refractivity contribution < 1.29 is 0 Å². The Labute approximate surface area is 280 Å². The molecule has 6 aromatic rings. The van der Waals surface area contributed by atoms with E-state index in [0.717, 1.165) is 52.7 Å². The third kappa shape index (κ3) is 7.48. The number of aromatic nitrogens is 6. The van der Waals surface area contributed by atoms with Gasteiger partial charge in [0, 0.05) is 0 Å². The Balaban J connectivity index is 1.48. The first kappa shape index (κ1) is 32.6. The van der Waals surface area contributed by atoms with Crippen LogP contribution in [0.25, 0.3) is 33.4 Å². The summed E-state index contributed by atoms with van der Waals surface area (Å²) in [5.74, 6) is 0. The summed E-state index contributed by atoms with van der Waals surface area (Å²) in [6.07, 6.45) is 2.87. The lowest BCUT2D eigenvalue weighted by atomic mass is 9.71. The van der Waals surface area contributed by atoms with Gasteiger partial charge in [-0.15, -0.1) is 20.4 Å². The monoisotopic (exact) mass is 626 g/mol. The number of hydrogen-bond donors (Lipinski definition) is 0. The second-order valence-electron chi connectivity index (χ2n) is 17.2. The van der Waals surface area contributed by atoms with Crippen molar-refractivity contribution in [2.45, 2.75) is 99.3 Å². The Morgan fingerprint density at radius 3 is 1.06 bits per heavy atom. The third-order valence-electron chi connectivity index (χ3n) is 8.91. The molecule has 0 fully saturated rings. The van der Waals surface area contributed by atoms with Crippen molar-refractivity contribution in [3.63, 3.8) is 0 Å². The largest absolute Gasteiger partial charge is 0.150 e. The minimum absolute atomic E-state index is 0.0453. The smallest absolute Gasteiger partial charge is 0.113 e. The lowest BCUT2D eigenvalue weighted by Gasteiger charge is -2.34. The molecule has 4 aromatic carbocycles. The molecular formula is C41H50N6. The van der Waals surface area contributed by atoms with Crippen LogP contribution in [0.15, 0.2) is 84.9 Å². The standard InChI is InChI=1S/C41H50N6/c1-38(2,3)26-40(7,8)30-20-28(22-32(24-30)46-42-34-15-11-12-16-35(34)43-46)19-29-21-31(41(9,10)27-39(4,5)6)25-33(23-29)47-44-36-17-13-14-18-37(36)45-47/h11-18,20-25H,19,26-27H2,1-10H3. The van der Waals surface area contributed by atoms with Crippen molar-refractivity contribution in [2.75, 3.05) is 0 Å². The summed E-state index contributed by atoms with van der Waals surface area (Å²) in [7, 11) is 0. The molecule has 0 saturated carbocycles. The highest BCUT2D eigenvalue weighted by Crippen LogP contribution is 2.39. The Bertz CT molecular complexity index is 1830. The van der Waals surface area contributed by atoms with Gasteiger partial charge in [-0.2, -0.15) is 9.59 Å². The van der Waals surface area contributed by atoms with Crippen LogP contribution in [0.4, 0.5) is 0 Å². The maximum atomic E-state index is 4.87. The minimum Gasteiger partial charge on any atom is -0.150 e. The van der Waals surface area contributed by atoms with Crippen molar-refractivity contribution >= 4 is 22.1 Å². The summed E-state index contributed by atoms with van der Waals surface area (Å²) in [4.78, 5) is 3.61. The van der Waals surface area contributed by atoms with E-state index in [2.05, 4.69) is 106 Å². The highest BCUT2D eigenvalue weighted by molar-refractivity contribution is 5.74. The van der Waals surface area contributed by atoms with Crippen LogP contribution < -0.4 is 0 Å². The van der Waals surface area contributed by atoms with E-state index in [9.17, 15) is 0 Å².